The summed E-state index contributed by atoms with van der Waals surface area (Å²) in [6.07, 6.45) is 1.12. The molecule has 1 aliphatic carbocycles. The number of amidine groups is 1. The van der Waals surface area contributed by atoms with Crippen molar-refractivity contribution in [2.45, 2.75) is 31.2 Å². The van der Waals surface area contributed by atoms with Crippen molar-refractivity contribution in [2.24, 2.45) is 21.7 Å². The number of carbonyl (C=O) groups is 3. The van der Waals surface area contributed by atoms with Gasteiger partial charge in [0.05, 0.1) is 17.7 Å². The molecular weight excluding hydrogens is 380 g/mol. The molecule has 0 aromatic heterocycles. The van der Waals surface area contributed by atoms with Gasteiger partial charge in [0.2, 0.25) is 11.6 Å². The number of rotatable bonds is 4. The highest BCUT2D eigenvalue weighted by Gasteiger charge is 2.72. The molecule has 11 nitrogen and oxygen atoms in total. The van der Waals surface area contributed by atoms with Crippen LogP contribution in [0.15, 0.2) is 32.6 Å². The van der Waals surface area contributed by atoms with E-state index >= 15 is 0 Å². The van der Waals surface area contributed by atoms with Crippen LogP contribution in [0.3, 0.4) is 0 Å². The van der Waals surface area contributed by atoms with Crippen molar-refractivity contribution in [3.05, 3.63) is 22.5 Å². The Balaban J connectivity index is 1.60. The third-order valence-electron chi connectivity index (χ3n) is 6.21. The number of methoxy groups -OCH3 is 1. The number of fused-ring (bicyclic) bond motifs is 4. The first-order chi connectivity index (χ1) is 13.9. The molecule has 4 aliphatic heterocycles. The van der Waals surface area contributed by atoms with Gasteiger partial charge >= 0.3 is 6.09 Å². The maximum atomic E-state index is 13.5. The number of ether oxygens (including phenoxy) is 2. The molecule has 11 heteroatoms. The van der Waals surface area contributed by atoms with E-state index in [1.165, 1.54) is 7.11 Å². The number of piperazine rings is 1. The number of nitrogens with zero attached hydrogens (tertiary/aromatic N) is 3. The number of hydrazone groups is 1. The van der Waals surface area contributed by atoms with Crippen LogP contribution in [0, 0.1) is 5.92 Å². The van der Waals surface area contributed by atoms with E-state index in [0.29, 0.717) is 24.5 Å². The molecule has 0 bridgehead atoms. The number of ketones is 2. The fourth-order valence-electron chi connectivity index (χ4n) is 4.92. The maximum absolute atomic E-state index is 13.5. The van der Waals surface area contributed by atoms with Gasteiger partial charge < -0.3 is 25.4 Å². The molecule has 0 aromatic rings. The number of hydrogen-bond donors (Lipinski definition) is 3. The van der Waals surface area contributed by atoms with Crippen LogP contribution in [0.2, 0.25) is 0 Å². The SMILES string of the molecule is CO[C@@]12[C@H](COC(N)=O)C3=C(C(=O)C(C)=C(N=C4CC=NN4)C3=O)N1C[C@@H]1N[C@@H]12. The van der Waals surface area contributed by atoms with Crippen LogP contribution in [-0.4, -0.2) is 72.7 Å². The fourth-order valence-corrected chi connectivity index (χ4v) is 4.92. The van der Waals surface area contributed by atoms with Crippen molar-refractivity contribution < 1.29 is 23.9 Å². The molecule has 0 radical (unpaired) electrons. The van der Waals surface area contributed by atoms with Crippen molar-refractivity contribution >= 4 is 29.7 Å². The number of primary amides is 1. The topological polar surface area (TPSA) is 158 Å². The lowest BCUT2D eigenvalue weighted by atomic mass is 9.82. The van der Waals surface area contributed by atoms with Gasteiger partial charge in [0.25, 0.3) is 0 Å². The molecule has 4 atom stereocenters. The van der Waals surface area contributed by atoms with Gasteiger partial charge in [-0.3, -0.25) is 15.0 Å². The highest BCUT2D eigenvalue weighted by atomic mass is 16.6. The first kappa shape index (κ1) is 18.0. The molecule has 152 valence electrons. The molecule has 0 aromatic carbocycles. The van der Waals surface area contributed by atoms with Gasteiger partial charge in [-0.05, 0) is 6.92 Å². The maximum Gasteiger partial charge on any atom is 0.404 e. The van der Waals surface area contributed by atoms with E-state index in [9.17, 15) is 14.4 Å². The van der Waals surface area contributed by atoms with Crippen molar-refractivity contribution in [1.29, 1.82) is 0 Å². The first-order valence-electron chi connectivity index (χ1n) is 9.30. The van der Waals surface area contributed by atoms with Crippen LogP contribution in [-0.2, 0) is 19.1 Å². The molecule has 4 heterocycles. The molecule has 29 heavy (non-hydrogen) atoms. The second-order valence-electron chi connectivity index (χ2n) is 7.58. The third-order valence-corrected chi connectivity index (χ3v) is 6.21. The normalized spacial score (nSPS) is 35.9. The minimum absolute atomic E-state index is 0.0681. The van der Waals surface area contributed by atoms with Crippen LogP contribution in [0.1, 0.15) is 13.3 Å². The zero-order chi connectivity index (χ0) is 20.5. The number of hydrogen-bond acceptors (Lipinski definition) is 9. The van der Waals surface area contributed by atoms with E-state index in [0.717, 1.165) is 0 Å². The molecule has 5 rings (SSSR count). The van der Waals surface area contributed by atoms with E-state index in [1.54, 1.807) is 13.1 Å². The van der Waals surface area contributed by atoms with Crippen molar-refractivity contribution in [1.82, 2.24) is 15.6 Å². The Bertz CT molecular complexity index is 971. The largest absolute Gasteiger partial charge is 0.449 e. The highest BCUT2D eigenvalue weighted by Crippen LogP contribution is 2.55. The monoisotopic (exact) mass is 400 g/mol. The molecule has 2 saturated heterocycles. The lowest BCUT2D eigenvalue weighted by molar-refractivity contribution is -0.137. The third kappa shape index (κ3) is 2.28. The van der Waals surface area contributed by atoms with Gasteiger partial charge in [0.1, 0.15) is 18.1 Å². The zero-order valence-corrected chi connectivity index (χ0v) is 15.9. The summed E-state index contributed by atoms with van der Waals surface area (Å²) >= 11 is 0. The number of allylic oxidation sites excluding steroid dienone is 2. The Morgan fingerprint density at radius 3 is 2.90 bits per heavy atom. The van der Waals surface area contributed by atoms with Crippen molar-refractivity contribution in [3.8, 4) is 0 Å². The van der Waals surface area contributed by atoms with E-state index < -0.39 is 17.7 Å². The first-order valence-corrected chi connectivity index (χ1v) is 9.30. The molecule has 0 spiro atoms. The second kappa shape index (κ2) is 5.97. The summed E-state index contributed by atoms with van der Waals surface area (Å²) in [5, 5.41) is 7.19. The van der Waals surface area contributed by atoms with Gasteiger partial charge in [-0.15, -0.1) is 0 Å². The second-order valence-corrected chi connectivity index (χ2v) is 7.58. The van der Waals surface area contributed by atoms with Crippen molar-refractivity contribution in [2.75, 3.05) is 20.3 Å². The number of carbonyl (C=O) groups excluding carboxylic acids is 3. The van der Waals surface area contributed by atoms with E-state index in [1.807, 2.05) is 4.90 Å². The van der Waals surface area contributed by atoms with Gasteiger partial charge in [-0.1, -0.05) is 0 Å². The van der Waals surface area contributed by atoms with Gasteiger partial charge in [0, 0.05) is 43.5 Å². The lowest BCUT2D eigenvalue weighted by Crippen LogP contribution is -2.55. The molecule has 0 unspecified atom stereocenters. The Morgan fingerprint density at radius 1 is 1.45 bits per heavy atom. The Hall–Kier alpha value is -3.05. The molecule has 5 aliphatic rings. The van der Waals surface area contributed by atoms with Crippen LogP contribution in [0.25, 0.3) is 0 Å². The predicted octanol–water partition coefficient (Wildman–Crippen LogP) is -1.23. The van der Waals surface area contributed by atoms with Crippen molar-refractivity contribution in [3.63, 3.8) is 0 Å². The molecule has 2 fully saturated rings. The van der Waals surface area contributed by atoms with Crippen LogP contribution >= 0.6 is 0 Å². The van der Waals surface area contributed by atoms with Gasteiger partial charge in [-0.25, -0.2) is 9.79 Å². The highest BCUT2D eigenvalue weighted by molar-refractivity contribution is 6.26. The van der Waals surface area contributed by atoms with Gasteiger partial charge in [0.15, 0.2) is 5.72 Å². The fraction of sp³-hybridized carbons (Fsp3) is 0.500. The average Bonchev–Trinajstić information content (AvgIpc) is 3.05. The Kier molecular flexibility index (Phi) is 3.71. The summed E-state index contributed by atoms with van der Waals surface area (Å²) in [5.41, 5.74) is 7.80. The average molecular weight is 400 g/mol. The van der Waals surface area contributed by atoms with Crippen LogP contribution < -0.4 is 16.5 Å². The number of amides is 1. The van der Waals surface area contributed by atoms with Gasteiger partial charge in [-0.2, -0.15) is 5.10 Å². The Morgan fingerprint density at radius 2 is 2.24 bits per heavy atom. The lowest BCUT2D eigenvalue weighted by Gasteiger charge is -2.39. The zero-order valence-electron chi connectivity index (χ0n) is 15.9. The standard InChI is InChI=1S/C18H20N6O5/c1-7-12(22-10-3-4-20-23-10)15(26)11-8(6-29-17(19)27)18(28-2)16-9(21-16)5-24(18)13(11)14(7)25/h4,8-9,16,21H,3,5-6H2,1-2H3,(H2,19,27)(H,22,23)/t8-,9+,16+,18-/m1/s1. The number of Topliss-reactive ketones (excluding diaryl/α,β-unsaturated/α-hetero) is 2. The van der Waals surface area contributed by atoms with Crippen LogP contribution in [0.5, 0.6) is 0 Å². The molecular formula is C18H20N6O5. The quantitative estimate of drug-likeness (QED) is 0.391. The van der Waals surface area contributed by atoms with E-state index in [4.69, 9.17) is 15.2 Å². The predicted molar refractivity (Wildman–Crippen MR) is 99.6 cm³/mol. The molecule has 4 N–H and O–H groups in total. The summed E-state index contributed by atoms with van der Waals surface area (Å²) in [6.45, 7) is 1.94. The number of aliphatic imine (C=N–C) groups is 1. The van der Waals surface area contributed by atoms with E-state index in [2.05, 4.69) is 20.8 Å². The molecule has 0 saturated carbocycles. The smallest absolute Gasteiger partial charge is 0.404 e. The Labute approximate surface area is 165 Å². The summed E-state index contributed by atoms with van der Waals surface area (Å²) in [6, 6.07) is 0.0638. The summed E-state index contributed by atoms with van der Waals surface area (Å²) in [4.78, 5) is 44.3. The van der Waals surface area contributed by atoms with Crippen LogP contribution in [0.4, 0.5) is 4.79 Å². The minimum atomic E-state index is -0.992. The number of nitrogens with one attached hydrogen (secondary N) is 2. The van der Waals surface area contributed by atoms with E-state index in [-0.39, 0.29) is 47.1 Å². The summed E-state index contributed by atoms with van der Waals surface area (Å²) in [7, 11) is 1.53. The summed E-state index contributed by atoms with van der Waals surface area (Å²) in [5.74, 6) is -0.840. The number of nitrogens with two attached hydrogens (primary N) is 1. The minimum Gasteiger partial charge on any atom is -0.449 e. The summed E-state index contributed by atoms with van der Waals surface area (Å²) < 4.78 is 11.0. The molecule has 1 amide bonds.